The summed E-state index contributed by atoms with van der Waals surface area (Å²) in [5.74, 6) is -0.630. The van der Waals surface area contributed by atoms with Crippen LogP contribution in [-0.2, 0) is 9.47 Å². The molecule has 0 aliphatic carbocycles. The quantitative estimate of drug-likeness (QED) is 0.612. The molecule has 3 aliphatic heterocycles. The van der Waals surface area contributed by atoms with Gasteiger partial charge in [-0.05, 0) is 26.7 Å². The second-order valence-electron chi connectivity index (χ2n) is 5.87. The molecule has 3 saturated heterocycles. The Morgan fingerprint density at radius 2 is 1.88 bits per heavy atom. The average molecular weight is 243 g/mol. The zero-order valence-corrected chi connectivity index (χ0v) is 10.4. The van der Waals surface area contributed by atoms with Crippen LogP contribution in [0, 0.1) is 0 Å². The summed E-state index contributed by atoms with van der Waals surface area (Å²) in [5.41, 5.74) is 0. The smallest absolute Gasteiger partial charge is 0.163 e. The molecular weight excluding hydrogens is 222 g/mol. The third-order valence-corrected chi connectivity index (χ3v) is 4.08. The first kappa shape index (κ1) is 11.9. The monoisotopic (exact) mass is 243 g/mol. The highest BCUT2D eigenvalue weighted by molar-refractivity contribution is 5.02. The van der Waals surface area contributed by atoms with E-state index in [2.05, 4.69) is 4.90 Å². The van der Waals surface area contributed by atoms with Crippen molar-refractivity contribution in [1.82, 2.24) is 4.90 Å². The van der Waals surface area contributed by atoms with Crippen molar-refractivity contribution in [2.24, 2.45) is 0 Å². The van der Waals surface area contributed by atoms with E-state index in [0.717, 1.165) is 13.0 Å². The lowest BCUT2D eigenvalue weighted by molar-refractivity contribution is -0.153. The molecule has 17 heavy (non-hydrogen) atoms. The van der Waals surface area contributed by atoms with Crippen LogP contribution >= 0.6 is 0 Å². The van der Waals surface area contributed by atoms with Gasteiger partial charge in [-0.2, -0.15) is 0 Å². The average Bonchev–Trinajstić information content (AvgIpc) is 2.56. The summed E-state index contributed by atoms with van der Waals surface area (Å²) < 4.78 is 11.7. The second kappa shape index (κ2) is 3.90. The Labute approximate surface area is 101 Å². The van der Waals surface area contributed by atoms with Gasteiger partial charge in [0.15, 0.2) is 5.79 Å². The molecule has 3 heterocycles. The third-order valence-electron chi connectivity index (χ3n) is 4.08. The Morgan fingerprint density at radius 1 is 1.18 bits per heavy atom. The molecule has 3 aliphatic rings. The third kappa shape index (κ3) is 2.00. The van der Waals surface area contributed by atoms with Gasteiger partial charge in [0.05, 0.1) is 12.2 Å². The fourth-order valence-corrected chi connectivity index (χ4v) is 3.35. The zero-order valence-electron chi connectivity index (χ0n) is 10.4. The summed E-state index contributed by atoms with van der Waals surface area (Å²) in [5, 5.41) is 19.9. The number of hydrogen-bond acceptors (Lipinski definition) is 5. The number of aliphatic hydroxyl groups excluding tert-OH is 2. The lowest BCUT2D eigenvalue weighted by atomic mass is 9.86. The van der Waals surface area contributed by atoms with Gasteiger partial charge < -0.3 is 19.7 Å². The molecule has 0 bridgehead atoms. The SMILES string of the molecule is CC1(C)O[C@@H]2[C@@H](O1)[C@H]1C[C@@H](O)CCN1C[C@H]2O. The Morgan fingerprint density at radius 3 is 2.65 bits per heavy atom. The predicted molar refractivity (Wildman–Crippen MR) is 60.4 cm³/mol. The Balaban J connectivity index is 1.83. The van der Waals surface area contributed by atoms with Gasteiger partial charge in [0.25, 0.3) is 0 Å². The van der Waals surface area contributed by atoms with Crippen LogP contribution in [0.1, 0.15) is 26.7 Å². The van der Waals surface area contributed by atoms with Crippen molar-refractivity contribution < 1.29 is 19.7 Å². The summed E-state index contributed by atoms with van der Waals surface area (Å²) in [7, 11) is 0. The molecule has 2 N–H and O–H groups in total. The van der Waals surface area contributed by atoms with E-state index in [1.54, 1.807) is 0 Å². The molecule has 3 fully saturated rings. The molecule has 5 atom stereocenters. The highest BCUT2D eigenvalue weighted by atomic mass is 16.8. The lowest BCUT2D eigenvalue weighted by Crippen LogP contribution is -2.62. The standard InChI is InChI=1S/C12H21NO4/c1-12(2)16-10-8-5-7(14)3-4-13(8)6-9(15)11(10)17-12/h7-11,14-15H,3-6H2,1-2H3/t7-,8+,9+,10-,11-/m0/s1. The van der Waals surface area contributed by atoms with Gasteiger partial charge in [-0.3, -0.25) is 4.90 Å². The summed E-state index contributed by atoms with van der Waals surface area (Å²) in [4.78, 5) is 2.23. The highest BCUT2D eigenvalue weighted by Crippen LogP contribution is 2.39. The van der Waals surface area contributed by atoms with Crippen molar-refractivity contribution in [1.29, 1.82) is 0 Å². The van der Waals surface area contributed by atoms with E-state index in [-0.39, 0.29) is 24.4 Å². The van der Waals surface area contributed by atoms with Crippen LogP contribution in [0.15, 0.2) is 0 Å². The van der Waals surface area contributed by atoms with Crippen molar-refractivity contribution >= 4 is 0 Å². The van der Waals surface area contributed by atoms with Crippen LogP contribution in [0.4, 0.5) is 0 Å². The van der Waals surface area contributed by atoms with Crippen LogP contribution in [0.3, 0.4) is 0 Å². The van der Waals surface area contributed by atoms with Gasteiger partial charge in [0.1, 0.15) is 12.2 Å². The normalized spacial score (nSPS) is 49.8. The van der Waals surface area contributed by atoms with Crippen LogP contribution in [-0.4, -0.2) is 64.4 Å². The van der Waals surface area contributed by atoms with Crippen molar-refractivity contribution in [3.63, 3.8) is 0 Å². The van der Waals surface area contributed by atoms with Gasteiger partial charge >= 0.3 is 0 Å². The largest absolute Gasteiger partial charge is 0.393 e. The minimum atomic E-state index is -0.630. The van der Waals surface area contributed by atoms with Gasteiger partial charge in [-0.15, -0.1) is 0 Å². The molecule has 0 saturated carbocycles. The Hall–Kier alpha value is -0.200. The number of hydrogen-bond donors (Lipinski definition) is 2. The molecular formula is C12H21NO4. The van der Waals surface area contributed by atoms with E-state index in [9.17, 15) is 10.2 Å². The molecule has 0 aromatic heterocycles. The number of rotatable bonds is 0. The number of ether oxygens (including phenoxy) is 2. The lowest BCUT2D eigenvalue weighted by Gasteiger charge is -2.47. The van der Waals surface area contributed by atoms with Gasteiger partial charge in [0, 0.05) is 19.1 Å². The maximum absolute atomic E-state index is 10.1. The summed E-state index contributed by atoms with van der Waals surface area (Å²) in [6.07, 6.45) is 0.381. The summed E-state index contributed by atoms with van der Waals surface area (Å²) in [6.45, 7) is 5.21. The molecule has 5 nitrogen and oxygen atoms in total. The van der Waals surface area contributed by atoms with Crippen LogP contribution in [0.25, 0.3) is 0 Å². The molecule has 0 unspecified atom stereocenters. The van der Waals surface area contributed by atoms with Crippen LogP contribution < -0.4 is 0 Å². The number of aliphatic hydroxyl groups is 2. The fourth-order valence-electron chi connectivity index (χ4n) is 3.35. The van der Waals surface area contributed by atoms with E-state index in [0.29, 0.717) is 13.0 Å². The van der Waals surface area contributed by atoms with Crippen molar-refractivity contribution in [3.05, 3.63) is 0 Å². The minimum absolute atomic E-state index is 0.122. The summed E-state index contributed by atoms with van der Waals surface area (Å²) in [6, 6.07) is 0.175. The molecule has 0 amide bonds. The van der Waals surface area contributed by atoms with E-state index in [1.165, 1.54) is 0 Å². The van der Waals surface area contributed by atoms with E-state index >= 15 is 0 Å². The van der Waals surface area contributed by atoms with Crippen molar-refractivity contribution in [2.75, 3.05) is 13.1 Å². The predicted octanol–water partition coefficient (Wildman–Crippen LogP) is -0.294. The molecule has 5 heteroatoms. The topological polar surface area (TPSA) is 62.2 Å². The molecule has 0 spiro atoms. The van der Waals surface area contributed by atoms with Crippen molar-refractivity contribution in [2.45, 2.75) is 62.9 Å². The maximum Gasteiger partial charge on any atom is 0.163 e. The van der Waals surface area contributed by atoms with E-state index in [4.69, 9.17) is 9.47 Å². The zero-order chi connectivity index (χ0) is 12.2. The first-order valence-corrected chi connectivity index (χ1v) is 6.42. The van der Waals surface area contributed by atoms with Crippen molar-refractivity contribution in [3.8, 4) is 0 Å². The van der Waals surface area contributed by atoms with Crippen LogP contribution in [0.5, 0.6) is 0 Å². The number of fused-ring (bicyclic) bond motifs is 3. The first-order chi connectivity index (χ1) is 7.96. The van der Waals surface area contributed by atoms with Crippen LogP contribution in [0.2, 0.25) is 0 Å². The fraction of sp³-hybridized carbons (Fsp3) is 1.00. The van der Waals surface area contributed by atoms with E-state index < -0.39 is 11.9 Å². The molecule has 0 radical (unpaired) electrons. The Kier molecular flexibility index (Phi) is 2.72. The van der Waals surface area contributed by atoms with E-state index in [1.807, 2.05) is 13.8 Å². The molecule has 0 aromatic rings. The Bertz CT molecular complexity index is 309. The maximum atomic E-state index is 10.1. The summed E-state index contributed by atoms with van der Waals surface area (Å²) >= 11 is 0. The first-order valence-electron chi connectivity index (χ1n) is 6.42. The van der Waals surface area contributed by atoms with Gasteiger partial charge in [-0.25, -0.2) is 0 Å². The molecule has 3 rings (SSSR count). The second-order valence-corrected chi connectivity index (χ2v) is 5.87. The minimum Gasteiger partial charge on any atom is -0.393 e. The highest BCUT2D eigenvalue weighted by Gasteiger charge is 2.54. The number of piperidine rings is 2. The molecule has 98 valence electrons. The molecule has 0 aromatic carbocycles. The van der Waals surface area contributed by atoms with Gasteiger partial charge in [-0.1, -0.05) is 0 Å². The number of nitrogens with zero attached hydrogens (tertiary/aromatic N) is 1. The van der Waals surface area contributed by atoms with Gasteiger partial charge in [0.2, 0.25) is 0 Å².